The van der Waals surface area contributed by atoms with E-state index < -0.39 is 5.79 Å². The van der Waals surface area contributed by atoms with E-state index in [0.717, 1.165) is 64.1 Å². The Balaban J connectivity index is 1.32. The van der Waals surface area contributed by atoms with E-state index in [1.54, 1.807) is 0 Å². The van der Waals surface area contributed by atoms with Crippen molar-refractivity contribution in [3.63, 3.8) is 0 Å². The lowest BCUT2D eigenvalue weighted by molar-refractivity contribution is -0.141. The number of ketones is 1. The lowest BCUT2D eigenvalue weighted by Crippen LogP contribution is -2.25. The second-order valence-corrected chi connectivity index (χ2v) is 9.28. The Bertz CT molecular complexity index is 1200. The van der Waals surface area contributed by atoms with Gasteiger partial charge in [0.25, 0.3) is 0 Å². The number of hydrogen-bond donors (Lipinski definition) is 1. The summed E-state index contributed by atoms with van der Waals surface area (Å²) in [5.74, 6) is 0.260. The zero-order valence-electron chi connectivity index (χ0n) is 19.1. The number of nitrogen functional groups attached to an aromatic ring is 1. The minimum Gasteiger partial charge on any atom is -0.491 e. The fourth-order valence-electron chi connectivity index (χ4n) is 4.64. The van der Waals surface area contributed by atoms with Crippen molar-refractivity contribution in [2.75, 3.05) is 18.9 Å². The molecular weight excluding hydrogens is 414 g/mol. The molecule has 2 aliphatic rings. The van der Waals surface area contributed by atoms with Crippen LogP contribution in [-0.2, 0) is 28.7 Å². The number of carbonyl (C=O) groups is 1. The van der Waals surface area contributed by atoms with Gasteiger partial charge in [-0.05, 0) is 79.6 Å². The van der Waals surface area contributed by atoms with Crippen LogP contribution in [0, 0.1) is 0 Å². The first-order chi connectivity index (χ1) is 15.9. The average Bonchev–Trinajstić information content (AvgIpc) is 3.09. The van der Waals surface area contributed by atoms with Crippen molar-refractivity contribution in [2.24, 2.45) is 0 Å². The fraction of sp³-hybridized carbons (Fsp3) is 0.321. The maximum absolute atomic E-state index is 13.3. The molecule has 1 atom stereocenters. The Morgan fingerprint density at radius 3 is 2.45 bits per heavy atom. The molecule has 1 heterocycles. The zero-order valence-corrected chi connectivity index (χ0v) is 19.1. The highest BCUT2D eigenvalue weighted by atomic mass is 16.7. The highest BCUT2D eigenvalue weighted by Gasteiger charge is 2.33. The quantitative estimate of drug-likeness (QED) is 0.578. The highest BCUT2D eigenvalue weighted by Crippen LogP contribution is 2.30. The van der Waals surface area contributed by atoms with Crippen LogP contribution >= 0.6 is 0 Å². The molecule has 1 aliphatic heterocycles. The minimum atomic E-state index is -0.564. The van der Waals surface area contributed by atoms with Crippen molar-refractivity contribution in [3.05, 3.63) is 94.0 Å². The van der Waals surface area contributed by atoms with Gasteiger partial charge in [0.05, 0.1) is 6.61 Å². The van der Waals surface area contributed by atoms with Crippen LogP contribution in [-0.4, -0.2) is 30.9 Å². The number of hydrogen-bond acceptors (Lipinski definition) is 5. The van der Waals surface area contributed by atoms with Crippen molar-refractivity contribution < 1.29 is 19.0 Å². The van der Waals surface area contributed by atoms with E-state index in [1.807, 2.05) is 68.4 Å². The van der Waals surface area contributed by atoms with E-state index in [-0.39, 0.29) is 11.9 Å². The Morgan fingerprint density at radius 1 is 1.00 bits per heavy atom. The number of para-hydroxylation sites is 1. The first kappa shape index (κ1) is 21.7. The Morgan fingerprint density at radius 2 is 1.73 bits per heavy atom. The van der Waals surface area contributed by atoms with E-state index in [4.69, 9.17) is 19.9 Å². The third-order valence-electron chi connectivity index (χ3n) is 6.35. The molecule has 0 saturated carbocycles. The fourth-order valence-corrected chi connectivity index (χ4v) is 4.64. The Hall–Kier alpha value is -3.15. The molecule has 170 valence electrons. The van der Waals surface area contributed by atoms with Crippen LogP contribution in [0.1, 0.15) is 52.0 Å². The molecule has 1 fully saturated rings. The molecule has 0 bridgehead atoms. The molecule has 0 radical (unpaired) electrons. The number of anilines is 1. The van der Waals surface area contributed by atoms with Crippen LogP contribution in [0.4, 0.5) is 5.69 Å². The van der Waals surface area contributed by atoms with Gasteiger partial charge in [-0.25, -0.2) is 0 Å². The second kappa shape index (κ2) is 8.65. The maximum atomic E-state index is 13.3. The summed E-state index contributed by atoms with van der Waals surface area (Å²) in [6, 6.07) is 19.8. The molecule has 1 aliphatic carbocycles. The lowest BCUT2D eigenvalue weighted by atomic mass is 9.95. The number of fused-ring (bicyclic) bond motifs is 2. The monoisotopic (exact) mass is 443 g/mol. The van der Waals surface area contributed by atoms with E-state index in [0.29, 0.717) is 13.2 Å². The molecule has 0 amide bonds. The number of benzene rings is 3. The Kier molecular flexibility index (Phi) is 5.69. The number of carbonyl (C=O) groups excluding carboxylic acids is 1. The summed E-state index contributed by atoms with van der Waals surface area (Å²) in [7, 11) is 0. The Labute approximate surface area is 194 Å². The summed E-state index contributed by atoms with van der Waals surface area (Å²) in [5.41, 5.74) is 12.8. The van der Waals surface area contributed by atoms with Gasteiger partial charge in [0, 0.05) is 16.8 Å². The first-order valence-corrected chi connectivity index (χ1v) is 11.5. The number of ether oxygens (including phenoxy) is 3. The number of nitrogens with two attached hydrogens (primary N) is 1. The smallest absolute Gasteiger partial charge is 0.193 e. The normalized spacial score (nSPS) is 19.0. The third-order valence-corrected chi connectivity index (χ3v) is 6.35. The number of aryl methyl sites for hydroxylation is 2. The largest absolute Gasteiger partial charge is 0.491 e. The molecular formula is C28H29NO4. The van der Waals surface area contributed by atoms with Crippen molar-refractivity contribution in [3.8, 4) is 5.75 Å². The summed E-state index contributed by atoms with van der Waals surface area (Å²) in [6.07, 6.45) is 2.26. The van der Waals surface area contributed by atoms with Gasteiger partial charge in [-0.2, -0.15) is 0 Å². The summed E-state index contributed by atoms with van der Waals surface area (Å²) in [4.78, 5) is 13.3. The summed E-state index contributed by atoms with van der Waals surface area (Å²) in [6.45, 7) is 4.74. The summed E-state index contributed by atoms with van der Waals surface area (Å²) >= 11 is 0. The molecule has 1 saturated heterocycles. The second-order valence-electron chi connectivity index (χ2n) is 9.28. The molecule has 5 heteroatoms. The SMILES string of the molecule is CC1(C)OCC(COc2ccc3c(c2)CCc2cc(Cc4ccccc4N)ccc2C3=O)O1. The molecule has 0 aromatic heterocycles. The molecule has 3 aromatic carbocycles. The predicted octanol–water partition coefficient (Wildman–Crippen LogP) is 4.72. The van der Waals surface area contributed by atoms with Crippen LogP contribution in [0.25, 0.3) is 0 Å². The van der Waals surface area contributed by atoms with Gasteiger partial charge < -0.3 is 19.9 Å². The van der Waals surface area contributed by atoms with Gasteiger partial charge in [-0.3, -0.25) is 4.79 Å². The first-order valence-electron chi connectivity index (χ1n) is 11.5. The zero-order chi connectivity index (χ0) is 23.0. The van der Waals surface area contributed by atoms with Gasteiger partial charge >= 0.3 is 0 Å². The predicted molar refractivity (Wildman–Crippen MR) is 128 cm³/mol. The van der Waals surface area contributed by atoms with Crippen LogP contribution in [0.5, 0.6) is 5.75 Å². The molecule has 5 rings (SSSR count). The van der Waals surface area contributed by atoms with Crippen molar-refractivity contribution >= 4 is 11.5 Å². The molecule has 2 N–H and O–H groups in total. The van der Waals surface area contributed by atoms with Crippen LogP contribution < -0.4 is 10.5 Å². The highest BCUT2D eigenvalue weighted by molar-refractivity contribution is 6.11. The van der Waals surface area contributed by atoms with Gasteiger partial charge in [0.2, 0.25) is 0 Å². The molecule has 33 heavy (non-hydrogen) atoms. The van der Waals surface area contributed by atoms with Crippen LogP contribution in [0.15, 0.2) is 60.7 Å². The van der Waals surface area contributed by atoms with Crippen molar-refractivity contribution in [2.45, 2.75) is 45.0 Å². The van der Waals surface area contributed by atoms with Crippen molar-refractivity contribution in [1.82, 2.24) is 0 Å². The summed E-state index contributed by atoms with van der Waals surface area (Å²) in [5, 5.41) is 0. The molecule has 1 unspecified atom stereocenters. The van der Waals surface area contributed by atoms with Gasteiger partial charge in [0.1, 0.15) is 18.5 Å². The lowest BCUT2D eigenvalue weighted by Gasteiger charge is -2.17. The van der Waals surface area contributed by atoms with Crippen molar-refractivity contribution in [1.29, 1.82) is 0 Å². The van der Waals surface area contributed by atoms with Gasteiger partial charge in [0.15, 0.2) is 11.6 Å². The van der Waals surface area contributed by atoms with E-state index >= 15 is 0 Å². The molecule has 3 aromatic rings. The van der Waals surface area contributed by atoms with E-state index in [2.05, 4.69) is 6.07 Å². The number of rotatable bonds is 5. The van der Waals surface area contributed by atoms with Gasteiger partial charge in [-0.1, -0.05) is 36.4 Å². The maximum Gasteiger partial charge on any atom is 0.193 e. The van der Waals surface area contributed by atoms with Crippen LogP contribution in [0.2, 0.25) is 0 Å². The standard InChI is InChI=1S/C28H29NO4/c1-28(2)32-17-23(33-28)16-31-22-10-12-25-20(15-22)9-8-19-13-18(7-11-24(19)27(25)30)14-21-5-3-4-6-26(21)29/h3-7,10-13,15,23H,8-9,14,16-17,29H2,1-2H3. The third kappa shape index (κ3) is 4.65. The summed E-state index contributed by atoms with van der Waals surface area (Å²) < 4.78 is 17.4. The average molecular weight is 444 g/mol. The molecule has 0 spiro atoms. The van der Waals surface area contributed by atoms with Crippen LogP contribution in [0.3, 0.4) is 0 Å². The minimum absolute atomic E-state index is 0.0732. The molecule has 5 nitrogen and oxygen atoms in total. The van der Waals surface area contributed by atoms with E-state index in [9.17, 15) is 4.79 Å². The topological polar surface area (TPSA) is 70.8 Å². The van der Waals surface area contributed by atoms with E-state index in [1.165, 1.54) is 0 Å². The van der Waals surface area contributed by atoms with Gasteiger partial charge in [-0.15, -0.1) is 0 Å².